The van der Waals surface area contributed by atoms with Crippen molar-refractivity contribution >= 4 is 23.2 Å². The molecule has 0 fully saturated rings. The zero-order chi connectivity index (χ0) is 13.8. The molecular formula is C13H16N4O2. The van der Waals surface area contributed by atoms with Gasteiger partial charge in [-0.1, -0.05) is 13.3 Å². The molecule has 0 bridgehead atoms. The van der Waals surface area contributed by atoms with Crippen LogP contribution >= 0.6 is 0 Å². The average Bonchev–Trinajstić information content (AvgIpc) is 2.71. The first-order chi connectivity index (χ1) is 9.11. The summed E-state index contributed by atoms with van der Waals surface area (Å²) in [5.41, 5.74) is 4.39. The number of amides is 2. The molecule has 100 valence electrons. The fourth-order valence-corrected chi connectivity index (χ4v) is 1.97. The number of hydrazone groups is 1. The third-order valence-electron chi connectivity index (χ3n) is 2.84. The van der Waals surface area contributed by atoms with E-state index in [2.05, 4.69) is 20.8 Å². The summed E-state index contributed by atoms with van der Waals surface area (Å²) in [5, 5.41) is 6.63. The van der Waals surface area contributed by atoms with Gasteiger partial charge in [0, 0.05) is 17.6 Å². The molecule has 2 amide bonds. The normalized spacial score (nSPS) is 17.9. The van der Waals surface area contributed by atoms with Crippen molar-refractivity contribution in [2.75, 3.05) is 5.32 Å². The van der Waals surface area contributed by atoms with E-state index in [-0.39, 0.29) is 11.8 Å². The number of nitrogens with one attached hydrogen (secondary N) is 2. The van der Waals surface area contributed by atoms with E-state index in [9.17, 15) is 9.59 Å². The third kappa shape index (κ3) is 2.96. The molecule has 1 aromatic heterocycles. The Morgan fingerprint density at radius 3 is 3.00 bits per heavy atom. The van der Waals surface area contributed by atoms with Gasteiger partial charge >= 0.3 is 0 Å². The lowest BCUT2D eigenvalue weighted by Crippen LogP contribution is -2.35. The molecule has 1 atom stereocenters. The van der Waals surface area contributed by atoms with Crippen LogP contribution in [0.1, 0.15) is 25.5 Å². The number of nitrogens with zero attached hydrogens (tertiary/aromatic N) is 2. The Morgan fingerprint density at radius 1 is 1.53 bits per heavy atom. The van der Waals surface area contributed by atoms with Crippen molar-refractivity contribution in [3.05, 3.63) is 24.0 Å². The molecule has 0 spiro atoms. The lowest BCUT2D eigenvalue weighted by molar-refractivity contribution is -0.128. The minimum absolute atomic E-state index is 0.354. The second kappa shape index (κ2) is 5.60. The van der Waals surface area contributed by atoms with Gasteiger partial charge in [0.25, 0.3) is 5.91 Å². The van der Waals surface area contributed by atoms with E-state index in [4.69, 9.17) is 0 Å². The summed E-state index contributed by atoms with van der Waals surface area (Å²) in [5.74, 6) is -1.55. The van der Waals surface area contributed by atoms with Gasteiger partial charge in [-0.2, -0.15) is 5.10 Å². The smallest absolute Gasteiger partial charge is 0.258 e. The monoisotopic (exact) mass is 260 g/mol. The van der Waals surface area contributed by atoms with E-state index < -0.39 is 5.92 Å². The molecule has 1 aromatic rings. The Labute approximate surface area is 111 Å². The zero-order valence-corrected chi connectivity index (χ0v) is 10.9. The molecule has 6 nitrogen and oxygen atoms in total. The number of aryl methyl sites for hydroxylation is 1. The Morgan fingerprint density at radius 2 is 2.32 bits per heavy atom. The lowest BCUT2D eigenvalue weighted by atomic mass is 9.99. The van der Waals surface area contributed by atoms with E-state index in [0.717, 1.165) is 12.1 Å². The van der Waals surface area contributed by atoms with Crippen molar-refractivity contribution in [3.63, 3.8) is 0 Å². The first-order valence-corrected chi connectivity index (χ1v) is 6.21. The van der Waals surface area contributed by atoms with E-state index in [1.54, 1.807) is 18.3 Å². The molecule has 0 aliphatic carbocycles. The molecule has 1 aliphatic rings. The summed E-state index contributed by atoms with van der Waals surface area (Å²) >= 11 is 0. The van der Waals surface area contributed by atoms with Crippen LogP contribution in [0.2, 0.25) is 0 Å². The molecule has 0 aromatic carbocycles. The second-order valence-electron chi connectivity index (χ2n) is 4.44. The highest BCUT2D eigenvalue weighted by Gasteiger charge is 2.35. The standard InChI is InChI=1S/C13H16N4O2/c1-3-4-10-11(13(19)17-16-10)12(18)15-9-5-6-14-8(2)7-9/h5-7,11H,3-4H2,1-2H3,(H,17,19)(H,14,15,18). The van der Waals surface area contributed by atoms with Gasteiger partial charge < -0.3 is 5.32 Å². The summed E-state index contributed by atoms with van der Waals surface area (Å²) in [6.45, 7) is 3.81. The molecular weight excluding hydrogens is 244 g/mol. The highest BCUT2D eigenvalue weighted by Crippen LogP contribution is 2.15. The number of rotatable bonds is 4. The predicted molar refractivity (Wildman–Crippen MR) is 71.6 cm³/mol. The maximum Gasteiger partial charge on any atom is 0.258 e. The van der Waals surface area contributed by atoms with Crippen LogP contribution in [0.4, 0.5) is 5.69 Å². The lowest BCUT2D eigenvalue weighted by Gasteiger charge is -2.11. The van der Waals surface area contributed by atoms with E-state index in [1.807, 2.05) is 13.8 Å². The van der Waals surface area contributed by atoms with Gasteiger partial charge in [-0.25, -0.2) is 5.43 Å². The number of hydrogen-bond acceptors (Lipinski definition) is 4. The van der Waals surface area contributed by atoms with Crippen molar-refractivity contribution in [2.45, 2.75) is 26.7 Å². The number of pyridine rings is 1. The van der Waals surface area contributed by atoms with Crippen molar-refractivity contribution in [1.29, 1.82) is 0 Å². The molecule has 0 saturated heterocycles. The molecule has 2 heterocycles. The van der Waals surface area contributed by atoms with Gasteiger partial charge in [-0.3, -0.25) is 14.6 Å². The fraction of sp³-hybridized carbons (Fsp3) is 0.385. The van der Waals surface area contributed by atoms with Gasteiger partial charge in [0.2, 0.25) is 5.91 Å². The predicted octanol–water partition coefficient (Wildman–Crippen LogP) is 1.23. The van der Waals surface area contributed by atoms with Crippen LogP contribution in [0.5, 0.6) is 0 Å². The first-order valence-electron chi connectivity index (χ1n) is 6.21. The highest BCUT2D eigenvalue weighted by atomic mass is 16.2. The third-order valence-corrected chi connectivity index (χ3v) is 2.84. The number of carbonyl (C=O) groups is 2. The maximum absolute atomic E-state index is 12.1. The SMILES string of the molecule is CCCC1=NNC(=O)C1C(=O)Nc1ccnc(C)c1. The van der Waals surface area contributed by atoms with E-state index in [1.165, 1.54) is 0 Å². The topological polar surface area (TPSA) is 83.5 Å². The van der Waals surface area contributed by atoms with Gasteiger partial charge in [0.15, 0.2) is 5.92 Å². The van der Waals surface area contributed by atoms with E-state index in [0.29, 0.717) is 17.8 Å². The van der Waals surface area contributed by atoms with E-state index >= 15 is 0 Å². The van der Waals surface area contributed by atoms with Gasteiger partial charge in [-0.05, 0) is 25.5 Å². The van der Waals surface area contributed by atoms with Crippen LogP contribution < -0.4 is 10.7 Å². The Bertz CT molecular complexity index is 539. The summed E-state index contributed by atoms with van der Waals surface area (Å²) in [6.07, 6.45) is 3.08. The van der Waals surface area contributed by atoms with Crippen LogP contribution in [-0.2, 0) is 9.59 Å². The molecule has 0 saturated carbocycles. The molecule has 1 aliphatic heterocycles. The zero-order valence-electron chi connectivity index (χ0n) is 10.9. The van der Waals surface area contributed by atoms with Gasteiger partial charge in [0.05, 0.1) is 5.71 Å². The minimum Gasteiger partial charge on any atom is -0.325 e. The van der Waals surface area contributed by atoms with Crippen molar-refractivity contribution < 1.29 is 9.59 Å². The minimum atomic E-state index is -0.826. The van der Waals surface area contributed by atoms with Crippen molar-refractivity contribution in [3.8, 4) is 0 Å². The Balaban J connectivity index is 2.11. The van der Waals surface area contributed by atoms with Crippen LogP contribution in [0.15, 0.2) is 23.4 Å². The molecule has 2 N–H and O–H groups in total. The molecule has 1 unspecified atom stereocenters. The number of anilines is 1. The Kier molecular flexibility index (Phi) is 3.89. The van der Waals surface area contributed by atoms with Gasteiger partial charge in [-0.15, -0.1) is 0 Å². The maximum atomic E-state index is 12.1. The van der Waals surface area contributed by atoms with Crippen molar-refractivity contribution in [2.24, 2.45) is 11.0 Å². The summed E-state index contributed by atoms with van der Waals surface area (Å²) < 4.78 is 0. The van der Waals surface area contributed by atoms with Crippen molar-refractivity contribution in [1.82, 2.24) is 10.4 Å². The number of hydrogen-bond donors (Lipinski definition) is 2. The average molecular weight is 260 g/mol. The quantitative estimate of drug-likeness (QED) is 0.799. The summed E-state index contributed by atoms with van der Waals surface area (Å²) in [4.78, 5) is 27.9. The van der Waals surface area contributed by atoms with Crippen LogP contribution in [0, 0.1) is 12.8 Å². The fourth-order valence-electron chi connectivity index (χ4n) is 1.97. The summed E-state index contributed by atoms with van der Waals surface area (Å²) in [7, 11) is 0. The largest absolute Gasteiger partial charge is 0.325 e. The number of aromatic nitrogens is 1. The molecule has 19 heavy (non-hydrogen) atoms. The van der Waals surface area contributed by atoms with Crippen LogP contribution in [-0.4, -0.2) is 22.5 Å². The van der Waals surface area contributed by atoms with Gasteiger partial charge in [0.1, 0.15) is 0 Å². The van der Waals surface area contributed by atoms with Crippen LogP contribution in [0.25, 0.3) is 0 Å². The Hall–Kier alpha value is -2.24. The molecule has 0 radical (unpaired) electrons. The molecule has 6 heteroatoms. The summed E-state index contributed by atoms with van der Waals surface area (Å²) in [6, 6.07) is 3.44. The number of carbonyl (C=O) groups excluding carboxylic acids is 2. The highest BCUT2D eigenvalue weighted by molar-refractivity contribution is 6.25. The molecule has 2 rings (SSSR count). The second-order valence-corrected chi connectivity index (χ2v) is 4.44. The first kappa shape index (κ1) is 13.2. The van der Waals surface area contributed by atoms with Crippen LogP contribution in [0.3, 0.4) is 0 Å².